The summed E-state index contributed by atoms with van der Waals surface area (Å²) in [5.74, 6) is -23.6. The van der Waals surface area contributed by atoms with Gasteiger partial charge in [0.05, 0.1) is 0 Å². The summed E-state index contributed by atoms with van der Waals surface area (Å²) in [4.78, 5) is 9.74. The molecule has 0 amide bonds. The van der Waals surface area contributed by atoms with Crippen LogP contribution in [-0.2, 0) is 19.0 Å². The second kappa shape index (κ2) is 9.35. The maximum absolute atomic E-state index is 13.2. The van der Waals surface area contributed by atoms with Crippen molar-refractivity contribution in [1.29, 1.82) is 0 Å². The maximum atomic E-state index is 13.2. The van der Waals surface area contributed by atoms with E-state index in [0.717, 1.165) is 0 Å². The van der Waals surface area contributed by atoms with Crippen molar-refractivity contribution in [2.45, 2.75) is 42.0 Å². The van der Waals surface area contributed by atoms with Crippen LogP contribution in [0.15, 0.2) is 0 Å². The predicted octanol–water partition coefficient (Wildman–Crippen LogP) is 4.82. The number of carbonyl (C=O) groups is 1. The summed E-state index contributed by atoms with van der Waals surface area (Å²) in [6, 6.07) is -3.63. The first-order chi connectivity index (χ1) is 13.9. The van der Waals surface area contributed by atoms with Crippen LogP contribution >= 0.6 is 0 Å². The van der Waals surface area contributed by atoms with E-state index in [1.54, 1.807) is 0 Å². The summed E-state index contributed by atoms with van der Waals surface area (Å²) < 4.78 is 211. The topological polar surface area (TPSA) is 44.8 Å². The zero-order chi connectivity index (χ0) is 26.0. The fourth-order valence-corrected chi connectivity index (χ4v) is 1.16. The third kappa shape index (κ3) is 6.96. The maximum Gasteiger partial charge on any atom is 0.422 e. The molecule has 0 saturated heterocycles. The smallest absolute Gasteiger partial charge is 0.309 e. The van der Waals surface area contributed by atoms with Crippen LogP contribution in [0.5, 0.6) is 0 Å². The van der Waals surface area contributed by atoms with E-state index in [-0.39, 0.29) is 0 Å². The summed E-state index contributed by atoms with van der Waals surface area (Å²) in [5.41, 5.74) is 0. The number of hydrogen-bond acceptors (Lipinski definition) is 4. The molecular weight excluding hydrogens is 512 g/mol. The standard InChI is InChI=1S/C12H8F16O4/c13-1-7(17,18)10(23,24)31-3-9(21,22)12(27,28)32-4-8(19,20)11(25,26)30-2-6(15,16)5(14)29/h1-4H2. The van der Waals surface area contributed by atoms with Crippen molar-refractivity contribution in [3.8, 4) is 0 Å². The zero-order valence-electron chi connectivity index (χ0n) is 14.5. The highest BCUT2D eigenvalue weighted by Crippen LogP contribution is 2.43. The predicted molar refractivity (Wildman–Crippen MR) is 64.6 cm³/mol. The SMILES string of the molecule is O=C(F)C(F)(F)COC(F)(F)C(F)(F)COC(F)(F)C(F)(F)COC(F)(F)C(F)(F)CF. The van der Waals surface area contributed by atoms with Crippen LogP contribution in [0.3, 0.4) is 0 Å². The molecule has 0 atom stereocenters. The van der Waals surface area contributed by atoms with Crippen molar-refractivity contribution < 1.29 is 89.3 Å². The number of ether oxygens (including phenoxy) is 3. The van der Waals surface area contributed by atoms with E-state index < -0.39 is 74.5 Å². The Labute approximate surface area is 165 Å². The van der Waals surface area contributed by atoms with Crippen LogP contribution in [-0.4, -0.2) is 74.5 Å². The average Bonchev–Trinajstić information content (AvgIpc) is 2.63. The molecule has 192 valence electrons. The van der Waals surface area contributed by atoms with Crippen molar-refractivity contribution in [1.82, 2.24) is 0 Å². The third-order valence-electron chi connectivity index (χ3n) is 3.04. The lowest BCUT2D eigenvalue weighted by Crippen LogP contribution is -2.54. The Morgan fingerprint density at radius 3 is 1.09 bits per heavy atom. The Kier molecular flexibility index (Phi) is 8.89. The van der Waals surface area contributed by atoms with Gasteiger partial charge in [0, 0.05) is 0 Å². The number of hydrogen-bond donors (Lipinski definition) is 0. The first-order valence-corrected chi connectivity index (χ1v) is 7.20. The van der Waals surface area contributed by atoms with Gasteiger partial charge in [-0.05, 0) is 0 Å². The molecular formula is C12H8F16O4. The lowest BCUT2D eigenvalue weighted by atomic mass is 10.3. The molecule has 0 radical (unpaired) electrons. The normalized spacial score (nSPS) is 15.2. The zero-order valence-corrected chi connectivity index (χ0v) is 14.5. The molecule has 0 saturated carbocycles. The van der Waals surface area contributed by atoms with Gasteiger partial charge in [0.1, 0.15) is 19.8 Å². The van der Waals surface area contributed by atoms with E-state index in [0.29, 0.717) is 0 Å². The molecule has 0 bridgehead atoms. The molecule has 32 heavy (non-hydrogen) atoms. The molecule has 0 fully saturated rings. The van der Waals surface area contributed by atoms with Gasteiger partial charge in [0.2, 0.25) is 0 Å². The second-order valence-corrected chi connectivity index (χ2v) is 5.64. The molecule has 0 aromatic rings. The molecule has 20 heteroatoms. The van der Waals surface area contributed by atoms with Crippen molar-refractivity contribution in [3.05, 3.63) is 0 Å². The molecule has 0 aromatic carbocycles. The van der Waals surface area contributed by atoms with Crippen LogP contribution in [0.2, 0.25) is 0 Å². The van der Waals surface area contributed by atoms with E-state index in [4.69, 9.17) is 0 Å². The summed E-state index contributed by atoms with van der Waals surface area (Å²) >= 11 is 0. The molecule has 0 aliphatic heterocycles. The summed E-state index contributed by atoms with van der Waals surface area (Å²) in [6.45, 7) is -13.2. The molecule has 0 rings (SSSR count). The number of rotatable bonds is 14. The largest absolute Gasteiger partial charge is 0.422 e. The Hall–Kier alpha value is -1.57. The van der Waals surface area contributed by atoms with Crippen LogP contribution in [0.4, 0.5) is 70.2 Å². The molecule has 0 heterocycles. The van der Waals surface area contributed by atoms with Crippen molar-refractivity contribution in [3.63, 3.8) is 0 Å². The number of alkyl halides is 15. The molecule has 0 aliphatic carbocycles. The lowest BCUT2D eigenvalue weighted by Gasteiger charge is -2.31. The number of carbonyl (C=O) groups excluding carboxylic acids is 1. The van der Waals surface area contributed by atoms with Crippen molar-refractivity contribution in [2.24, 2.45) is 0 Å². The minimum absolute atomic E-state index is 2.49. The Morgan fingerprint density at radius 1 is 0.531 bits per heavy atom. The van der Waals surface area contributed by atoms with Crippen molar-refractivity contribution >= 4 is 6.04 Å². The molecule has 0 spiro atoms. The van der Waals surface area contributed by atoms with E-state index in [2.05, 4.69) is 14.2 Å². The highest BCUT2D eigenvalue weighted by atomic mass is 19.3. The van der Waals surface area contributed by atoms with Crippen LogP contribution in [0.25, 0.3) is 0 Å². The van der Waals surface area contributed by atoms with Gasteiger partial charge in [0.25, 0.3) is 0 Å². The van der Waals surface area contributed by atoms with Gasteiger partial charge in [-0.25, -0.2) is 4.39 Å². The van der Waals surface area contributed by atoms with E-state index in [1.807, 2.05) is 0 Å². The van der Waals surface area contributed by atoms with Gasteiger partial charge in [-0.1, -0.05) is 0 Å². The molecule has 0 aromatic heterocycles. The highest BCUT2D eigenvalue weighted by molar-refractivity contribution is 5.76. The Bertz CT molecular complexity index is 649. The van der Waals surface area contributed by atoms with E-state index >= 15 is 0 Å². The molecule has 0 unspecified atom stereocenters. The quantitative estimate of drug-likeness (QED) is 0.244. The summed E-state index contributed by atoms with van der Waals surface area (Å²) in [5, 5.41) is 0. The van der Waals surface area contributed by atoms with E-state index in [1.165, 1.54) is 0 Å². The molecule has 0 aliphatic rings. The molecule has 0 N–H and O–H groups in total. The average molecular weight is 520 g/mol. The van der Waals surface area contributed by atoms with E-state index in [9.17, 15) is 75.0 Å². The van der Waals surface area contributed by atoms with Gasteiger partial charge < -0.3 is 14.2 Å². The summed E-state index contributed by atoms with van der Waals surface area (Å²) in [6.07, 6.45) is -18.8. The fourth-order valence-electron chi connectivity index (χ4n) is 1.16. The van der Waals surface area contributed by atoms with Crippen LogP contribution in [0, 0.1) is 0 Å². The Morgan fingerprint density at radius 2 is 0.812 bits per heavy atom. The molecule has 4 nitrogen and oxygen atoms in total. The van der Waals surface area contributed by atoms with Gasteiger partial charge in [-0.3, -0.25) is 4.79 Å². The first-order valence-electron chi connectivity index (χ1n) is 7.20. The minimum Gasteiger partial charge on any atom is -0.309 e. The van der Waals surface area contributed by atoms with Gasteiger partial charge >= 0.3 is 48.1 Å². The fraction of sp³-hybridized carbons (Fsp3) is 0.917. The van der Waals surface area contributed by atoms with Crippen LogP contribution < -0.4 is 0 Å². The van der Waals surface area contributed by atoms with Crippen LogP contribution in [0.1, 0.15) is 0 Å². The lowest BCUT2D eigenvalue weighted by molar-refractivity contribution is -0.419. The summed E-state index contributed by atoms with van der Waals surface area (Å²) in [7, 11) is 0. The monoisotopic (exact) mass is 520 g/mol. The first kappa shape index (κ1) is 30.4. The number of halogens is 16. The minimum atomic E-state index is -6.42. The highest BCUT2D eigenvalue weighted by Gasteiger charge is 2.66. The van der Waals surface area contributed by atoms with Crippen molar-refractivity contribution in [2.75, 3.05) is 26.5 Å². The third-order valence-corrected chi connectivity index (χ3v) is 3.04. The second-order valence-electron chi connectivity index (χ2n) is 5.64. The van der Waals surface area contributed by atoms with Gasteiger partial charge in [-0.2, -0.15) is 65.9 Å². The van der Waals surface area contributed by atoms with Gasteiger partial charge in [0.15, 0.2) is 6.67 Å². The Balaban J connectivity index is 5.26. The van der Waals surface area contributed by atoms with Gasteiger partial charge in [-0.15, -0.1) is 0 Å².